The van der Waals surface area contributed by atoms with Gasteiger partial charge in [0.2, 0.25) is 5.91 Å². The number of hydrazone groups is 1. The first-order chi connectivity index (χ1) is 8.32. The molecule has 1 aromatic carbocycles. The highest BCUT2D eigenvalue weighted by Crippen LogP contribution is 2.16. The van der Waals surface area contributed by atoms with Crippen LogP contribution in [0.3, 0.4) is 0 Å². The SMILES string of the molecule is CC(=NNC(=O)C(C)C)c1cc(C)c(C)cc1C. The molecular formula is C15H22N2O. The van der Waals surface area contributed by atoms with Gasteiger partial charge in [-0.1, -0.05) is 19.9 Å². The molecule has 0 atom stereocenters. The van der Waals surface area contributed by atoms with Crippen molar-refractivity contribution in [3.05, 3.63) is 34.4 Å². The number of benzene rings is 1. The summed E-state index contributed by atoms with van der Waals surface area (Å²) in [6, 6.07) is 4.26. The van der Waals surface area contributed by atoms with Gasteiger partial charge in [0.1, 0.15) is 0 Å². The number of carbonyl (C=O) groups excluding carboxylic acids is 1. The van der Waals surface area contributed by atoms with Crippen molar-refractivity contribution < 1.29 is 4.79 Å². The molecule has 0 bridgehead atoms. The fraction of sp³-hybridized carbons (Fsp3) is 0.467. The van der Waals surface area contributed by atoms with Crippen LogP contribution in [0.2, 0.25) is 0 Å². The van der Waals surface area contributed by atoms with E-state index in [1.807, 2.05) is 20.8 Å². The predicted molar refractivity (Wildman–Crippen MR) is 75.8 cm³/mol. The predicted octanol–water partition coefficient (Wildman–Crippen LogP) is 3.11. The highest BCUT2D eigenvalue weighted by molar-refractivity contribution is 6.00. The normalized spacial score (nSPS) is 11.8. The van der Waals surface area contributed by atoms with E-state index in [-0.39, 0.29) is 11.8 Å². The lowest BCUT2D eigenvalue weighted by Gasteiger charge is -2.10. The molecule has 0 saturated carbocycles. The van der Waals surface area contributed by atoms with E-state index in [9.17, 15) is 4.79 Å². The van der Waals surface area contributed by atoms with Gasteiger partial charge >= 0.3 is 0 Å². The Kier molecular flexibility index (Phi) is 4.65. The van der Waals surface area contributed by atoms with Crippen molar-refractivity contribution in [2.75, 3.05) is 0 Å². The van der Waals surface area contributed by atoms with Crippen molar-refractivity contribution in [2.24, 2.45) is 11.0 Å². The molecule has 1 N–H and O–H groups in total. The quantitative estimate of drug-likeness (QED) is 0.646. The monoisotopic (exact) mass is 246 g/mol. The van der Waals surface area contributed by atoms with Crippen LogP contribution >= 0.6 is 0 Å². The third-order valence-corrected chi connectivity index (χ3v) is 3.09. The molecule has 0 aliphatic carbocycles. The fourth-order valence-electron chi connectivity index (χ4n) is 1.68. The summed E-state index contributed by atoms with van der Waals surface area (Å²) < 4.78 is 0. The van der Waals surface area contributed by atoms with Gasteiger partial charge in [-0.15, -0.1) is 0 Å². The lowest BCUT2D eigenvalue weighted by Crippen LogP contribution is -2.24. The molecule has 0 unspecified atom stereocenters. The Morgan fingerprint density at radius 3 is 2.22 bits per heavy atom. The summed E-state index contributed by atoms with van der Waals surface area (Å²) in [7, 11) is 0. The summed E-state index contributed by atoms with van der Waals surface area (Å²) in [5.74, 6) is -0.113. The minimum absolute atomic E-state index is 0.0533. The topological polar surface area (TPSA) is 41.5 Å². The highest BCUT2D eigenvalue weighted by Gasteiger charge is 2.07. The van der Waals surface area contributed by atoms with Crippen molar-refractivity contribution >= 4 is 11.6 Å². The number of hydrogen-bond acceptors (Lipinski definition) is 2. The molecule has 0 saturated heterocycles. The Labute approximate surface area is 109 Å². The third kappa shape index (κ3) is 3.42. The average molecular weight is 246 g/mol. The van der Waals surface area contributed by atoms with E-state index < -0.39 is 0 Å². The second kappa shape index (κ2) is 5.80. The minimum Gasteiger partial charge on any atom is -0.273 e. The number of rotatable bonds is 3. The zero-order valence-corrected chi connectivity index (χ0v) is 12.1. The molecule has 18 heavy (non-hydrogen) atoms. The zero-order chi connectivity index (χ0) is 13.9. The number of nitrogens with one attached hydrogen (secondary N) is 1. The molecule has 0 aliphatic rings. The van der Waals surface area contributed by atoms with Crippen LogP contribution in [-0.4, -0.2) is 11.6 Å². The van der Waals surface area contributed by atoms with Gasteiger partial charge in [0.25, 0.3) is 0 Å². The smallest absolute Gasteiger partial charge is 0.242 e. The number of aryl methyl sites for hydroxylation is 3. The standard InChI is InChI=1S/C15H22N2O/c1-9(2)15(18)17-16-13(6)14-8-11(4)10(3)7-12(14)5/h7-9H,1-6H3,(H,17,18). The van der Waals surface area contributed by atoms with E-state index in [0.29, 0.717) is 0 Å². The van der Waals surface area contributed by atoms with E-state index in [2.05, 4.69) is 43.4 Å². The molecule has 0 fully saturated rings. The van der Waals surface area contributed by atoms with Gasteiger partial charge in [0, 0.05) is 11.5 Å². The highest BCUT2D eigenvalue weighted by atomic mass is 16.2. The van der Waals surface area contributed by atoms with Gasteiger partial charge in [0.15, 0.2) is 0 Å². The number of hydrogen-bond donors (Lipinski definition) is 1. The van der Waals surface area contributed by atoms with Crippen LogP contribution in [0.15, 0.2) is 17.2 Å². The average Bonchev–Trinajstić information content (AvgIpc) is 2.30. The van der Waals surface area contributed by atoms with Gasteiger partial charge in [-0.05, 0) is 50.5 Å². The maximum atomic E-state index is 11.5. The Bertz CT molecular complexity index is 488. The van der Waals surface area contributed by atoms with Crippen LogP contribution < -0.4 is 5.43 Å². The van der Waals surface area contributed by atoms with E-state index in [1.54, 1.807) is 0 Å². The van der Waals surface area contributed by atoms with Gasteiger partial charge in [0.05, 0.1) is 5.71 Å². The minimum atomic E-state index is -0.0594. The van der Waals surface area contributed by atoms with Gasteiger partial charge in [-0.2, -0.15) is 5.10 Å². The Hall–Kier alpha value is -1.64. The molecule has 1 amide bonds. The van der Waals surface area contributed by atoms with Crippen LogP contribution in [0.1, 0.15) is 43.0 Å². The molecule has 98 valence electrons. The van der Waals surface area contributed by atoms with Crippen molar-refractivity contribution in [3.63, 3.8) is 0 Å². The lowest BCUT2D eigenvalue weighted by molar-refractivity contribution is -0.123. The van der Waals surface area contributed by atoms with Gasteiger partial charge in [-0.3, -0.25) is 4.79 Å². The van der Waals surface area contributed by atoms with Crippen LogP contribution in [0, 0.1) is 26.7 Å². The summed E-state index contributed by atoms with van der Waals surface area (Å²) in [4.78, 5) is 11.5. The van der Waals surface area contributed by atoms with Gasteiger partial charge < -0.3 is 0 Å². The molecule has 0 radical (unpaired) electrons. The first-order valence-electron chi connectivity index (χ1n) is 6.25. The van der Waals surface area contributed by atoms with Crippen LogP contribution in [-0.2, 0) is 4.79 Å². The molecule has 1 aromatic rings. The third-order valence-electron chi connectivity index (χ3n) is 3.09. The number of amides is 1. The first-order valence-corrected chi connectivity index (χ1v) is 6.25. The Morgan fingerprint density at radius 2 is 1.67 bits per heavy atom. The van der Waals surface area contributed by atoms with Crippen LogP contribution in [0.4, 0.5) is 0 Å². The van der Waals surface area contributed by atoms with E-state index in [0.717, 1.165) is 11.3 Å². The summed E-state index contributed by atoms with van der Waals surface area (Å²) in [5.41, 5.74) is 8.20. The van der Waals surface area contributed by atoms with Crippen LogP contribution in [0.5, 0.6) is 0 Å². The summed E-state index contributed by atoms with van der Waals surface area (Å²) in [5, 5.41) is 4.16. The molecule has 3 nitrogen and oxygen atoms in total. The van der Waals surface area contributed by atoms with E-state index in [1.165, 1.54) is 16.7 Å². The molecular weight excluding hydrogens is 224 g/mol. The summed E-state index contributed by atoms with van der Waals surface area (Å²) in [6.45, 7) is 11.9. The largest absolute Gasteiger partial charge is 0.273 e. The maximum Gasteiger partial charge on any atom is 0.242 e. The van der Waals surface area contributed by atoms with Crippen molar-refractivity contribution in [1.29, 1.82) is 0 Å². The van der Waals surface area contributed by atoms with Crippen molar-refractivity contribution in [1.82, 2.24) is 5.43 Å². The van der Waals surface area contributed by atoms with Crippen molar-refractivity contribution in [2.45, 2.75) is 41.5 Å². The first kappa shape index (κ1) is 14.4. The van der Waals surface area contributed by atoms with Crippen molar-refractivity contribution in [3.8, 4) is 0 Å². The molecule has 0 spiro atoms. The molecule has 0 heterocycles. The second-order valence-electron chi connectivity index (χ2n) is 5.08. The lowest BCUT2D eigenvalue weighted by atomic mass is 9.98. The molecule has 0 aliphatic heterocycles. The zero-order valence-electron chi connectivity index (χ0n) is 12.1. The summed E-state index contributed by atoms with van der Waals surface area (Å²) in [6.07, 6.45) is 0. The molecule has 0 aromatic heterocycles. The second-order valence-corrected chi connectivity index (χ2v) is 5.08. The van der Waals surface area contributed by atoms with E-state index >= 15 is 0 Å². The van der Waals surface area contributed by atoms with Crippen LogP contribution in [0.25, 0.3) is 0 Å². The maximum absolute atomic E-state index is 11.5. The fourth-order valence-corrected chi connectivity index (χ4v) is 1.68. The number of nitrogens with zero attached hydrogens (tertiary/aromatic N) is 1. The molecule has 3 heteroatoms. The Balaban J connectivity index is 2.97. The Morgan fingerprint density at radius 1 is 1.11 bits per heavy atom. The molecule has 1 rings (SSSR count). The van der Waals surface area contributed by atoms with Gasteiger partial charge in [-0.25, -0.2) is 5.43 Å². The summed E-state index contributed by atoms with van der Waals surface area (Å²) >= 11 is 0. The van der Waals surface area contributed by atoms with E-state index in [4.69, 9.17) is 0 Å². The number of carbonyl (C=O) groups is 1.